The Bertz CT molecular complexity index is 665. The molecule has 1 aliphatic rings. The van der Waals surface area contributed by atoms with Crippen LogP contribution in [0.5, 0.6) is 0 Å². The minimum absolute atomic E-state index is 0.0147. The number of aryl methyl sites for hydroxylation is 2. The third kappa shape index (κ3) is 4.76. The fourth-order valence-electron chi connectivity index (χ4n) is 2.66. The lowest BCUT2D eigenvalue weighted by atomic mass is 10.1. The molecule has 1 aliphatic heterocycles. The molecule has 1 amide bonds. The van der Waals surface area contributed by atoms with Gasteiger partial charge in [0.2, 0.25) is 15.9 Å². The van der Waals surface area contributed by atoms with Gasteiger partial charge in [0, 0.05) is 26.2 Å². The van der Waals surface area contributed by atoms with E-state index >= 15 is 0 Å². The highest BCUT2D eigenvalue weighted by Crippen LogP contribution is 2.17. The summed E-state index contributed by atoms with van der Waals surface area (Å²) in [5.74, 6) is -0.0147. The molecule has 23 heavy (non-hydrogen) atoms. The Balaban J connectivity index is 1.94. The molecule has 2 N–H and O–H groups in total. The fourth-order valence-corrected chi connectivity index (χ4v) is 4.05. The molecule has 0 radical (unpaired) electrons. The second-order valence-corrected chi connectivity index (χ2v) is 7.80. The van der Waals surface area contributed by atoms with Crippen molar-refractivity contribution in [1.82, 2.24) is 14.9 Å². The van der Waals surface area contributed by atoms with E-state index < -0.39 is 10.0 Å². The summed E-state index contributed by atoms with van der Waals surface area (Å²) in [4.78, 5) is 13.7. The first-order chi connectivity index (χ1) is 10.8. The Labute approximate surface area is 138 Å². The van der Waals surface area contributed by atoms with Crippen molar-refractivity contribution in [1.29, 1.82) is 0 Å². The molecule has 1 aromatic carbocycles. The molecule has 0 bridgehead atoms. The van der Waals surface area contributed by atoms with Crippen LogP contribution in [0.25, 0.3) is 0 Å². The summed E-state index contributed by atoms with van der Waals surface area (Å²) >= 11 is 0. The van der Waals surface area contributed by atoms with Crippen LogP contribution in [-0.2, 0) is 14.8 Å². The SMILES string of the molecule is CNC(=O)CN1CCC(NS(=O)(=O)c2ccc(C)c(C)c2)CC1. The Morgan fingerprint density at radius 1 is 1.22 bits per heavy atom. The fraction of sp³-hybridized carbons (Fsp3) is 0.562. The van der Waals surface area contributed by atoms with Crippen molar-refractivity contribution in [2.24, 2.45) is 0 Å². The highest BCUT2D eigenvalue weighted by molar-refractivity contribution is 7.89. The molecule has 2 rings (SSSR count). The number of benzene rings is 1. The Morgan fingerprint density at radius 2 is 1.87 bits per heavy atom. The van der Waals surface area contributed by atoms with Gasteiger partial charge in [-0.1, -0.05) is 6.07 Å². The topological polar surface area (TPSA) is 78.5 Å². The molecule has 6 nitrogen and oxygen atoms in total. The van der Waals surface area contributed by atoms with E-state index in [1.165, 1.54) is 0 Å². The molecule has 0 spiro atoms. The standard InChI is InChI=1S/C16H25N3O3S/c1-12-4-5-15(10-13(12)2)23(21,22)18-14-6-8-19(9-7-14)11-16(20)17-3/h4-5,10,14,18H,6-9,11H2,1-3H3,(H,17,20). The predicted octanol–water partition coefficient (Wildman–Crippen LogP) is 0.792. The van der Waals surface area contributed by atoms with Crippen molar-refractivity contribution in [3.63, 3.8) is 0 Å². The summed E-state index contributed by atoms with van der Waals surface area (Å²) in [6, 6.07) is 5.10. The molecule has 128 valence electrons. The summed E-state index contributed by atoms with van der Waals surface area (Å²) < 4.78 is 27.8. The number of sulfonamides is 1. The Morgan fingerprint density at radius 3 is 2.43 bits per heavy atom. The first kappa shape index (κ1) is 17.9. The third-order valence-corrected chi connectivity index (χ3v) is 5.86. The van der Waals surface area contributed by atoms with Crippen molar-refractivity contribution in [2.75, 3.05) is 26.7 Å². The van der Waals surface area contributed by atoms with Gasteiger partial charge in [-0.2, -0.15) is 0 Å². The predicted molar refractivity (Wildman–Crippen MR) is 89.8 cm³/mol. The van der Waals surface area contributed by atoms with Crippen LogP contribution < -0.4 is 10.0 Å². The number of carbonyl (C=O) groups is 1. The van der Waals surface area contributed by atoms with Gasteiger partial charge in [-0.15, -0.1) is 0 Å². The molecular weight excluding hydrogens is 314 g/mol. The lowest BCUT2D eigenvalue weighted by Crippen LogP contribution is -2.47. The van der Waals surface area contributed by atoms with Crippen LogP contribution in [0.1, 0.15) is 24.0 Å². The van der Waals surface area contributed by atoms with Crippen LogP contribution in [-0.4, -0.2) is 51.9 Å². The first-order valence-corrected chi connectivity index (χ1v) is 9.32. The minimum atomic E-state index is -3.49. The average Bonchev–Trinajstić information content (AvgIpc) is 2.51. The highest BCUT2D eigenvalue weighted by atomic mass is 32.2. The Hall–Kier alpha value is -1.44. The van der Waals surface area contributed by atoms with Crippen molar-refractivity contribution in [3.05, 3.63) is 29.3 Å². The second kappa shape index (κ2) is 7.42. The molecule has 1 saturated heterocycles. The molecule has 0 aliphatic carbocycles. The van der Waals surface area contributed by atoms with Crippen LogP contribution in [0.2, 0.25) is 0 Å². The molecule has 7 heteroatoms. The number of hydrogen-bond acceptors (Lipinski definition) is 4. The van der Waals surface area contributed by atoms with Crippen LogP contribution in [0.3, 0.4) is 0 Å². The van der Waals surface area contributed by atoms with E-state index in [1.807, 2.05) is 24.8 Å². The zero-order chi connectivity index (χ0) is 17.0. The summed E-state index contributed by atoms with van der Waals surface area (Å²) in [7, 11) is -1.87. The van der Waals surface area contributed by atoms with Crippen molar-refractivity contribution >= 4 is 15.9 Å². The number of amides is 1. The maximum atomic E-state index is 12.5. The van der Waals surface area contributed by atoms with Gasteiger partial charge in [-0.05, 0) is 49.9 Å². The number of nitrogens with one attached hydrogen (secondary N) is 2. The average molecular weight is 339 g/mol. The van der Waals surface area contributed by atoms with E-state index in [-0.39, 0.29) is 11.9 Å². The molecule has 0 unspecified atom stereocenters. The normalized spacial score (nSPS) is 17.2. The van der Waals surface area contributed by atoms with Gasteiger partial charge in [-0.25, -0.2) is 13.1 Å². The number of hydrogen-bond donors (Lipinski definition) is 2. The van der Waals surface area contributed by atoms with E-state index in [4.69, 9.17) is 0 Å². The highest BCUT2D eigenvalue weighted by Gasteiger charge is 2.25. The van der Waals surface area contributed by atoms with Crippen LogP contribution in [0.4, 0.5) is 0 Å². The molecule has 0 atom stereocenters. The lowest BCUT2D eigenvalue weighted by molar-refractivity contribution is -0.122. The van der Waals surface area contributed by atoms with Gasteiger partial charge >= 0.3 is 0 Å². The van der Waals surface area contributed by atoms with Gasteiger partial charge in [-0.3, -0.25) is 9.69 Å². The summed E-state index contributed by atoms with van der Waals surface area (Å²) in [5, 5.41) is 2.60. The molecule has 1 heterocycles. The maximum absolute atomic E-state index is 12.5. The summed E-state index contributed by atoms with van der Waals surface area (Å²) in [6.07, 6.45) is 1.42. The van der Waals surface area contributed by atoms with Gasteiger partial charge in [0.15, 0.2) is 0 Å². The van der Waals surface area contributed by atoms with Crippen LogP contribution in [0.15, 0.2) is 23.1 Å². The van der Waals surface area contributed by atoms with E-state index in [0.29, 0.717) is 37.4 Å². The van der Waals surface area contributed by atoms with E-state index in [9.17, 15) is 13.2 Å². The molecular formula is C16H25N3O3S. The van der Waals surface area contributed by atoms with E-state index in [2.05, 4.69) is 10.0 Å². The maximum Gasteiger partial charge on any atom is 0.240 e. The zero-order valence-electron chi connectivity index (χ0n) is 13.9. The van der Waals surface area contributed by atoms with Gasteiger partial charge in [0.05, 0.1) is 11.4 Å². The molecule has 1 aromatic rings. The number of nitrogens with zero attached hydrogens (tertiary/aromatic N) is 1. The molecule has 1 fully saturated rings. The van der Waals surface area contributed by atoms with E-state index in [1.54, 1.807) is 19.2 Å². The van der Waals surface area contributed by atoms with Crippen LogP contribution >= 0.6 is 0 Å². The number of likely N-dealkylation sites (tertiary alicyclic amines) is 1. The first-order valence-electron chi connectivity index (χ1n) is 7.84. The number of likely N-dealkylation sites (N-methyl/N-ethyl adjacent to an activating group) is 1. The Kier molecular flexibility index (Phi) is 5.78. The van der Waals surface area contributed by atoms with Gasteiger partial charge < -0.3 is 5.32 Å². The second-order valence-electron chi connectivity index (χ2n) is 6.09. The van der Waals surface area contributed by atoms with Gasteiger partial charge in [0.25, 0.3) is 0 Å². The van der Waals surface area contributed by atoms with Crippen molar-refractivity contribution < 1.29 is 13.2 Å². The van der Waals surface area contributed by atoms with Crippen molar-refractivity contribution in [2.45, 2.75) is 37.6 Å². The van der Waals surface area contributed by atoms with Gasteiger partial charge in [0.1, 0.15) is 0 Å². The number of rotatable bonds is 5. The lowest BCUT2D eigenvalue weighted by Gasteiger charge is -2.31. The minimum Gasteiger partial charge on any atom is -0.358 e. The molecule has 0 aromatic heterocycles. The summed E-state index contributed by atoms with van der Waals surface area (Å²) in [6.45, 7) is 5.67. The van der Waals surface area contributed by atoms with Crippen molar-refractivity contribution in [3.8, 4) is 0 Å². The quantitative estimate of drug-likeness (QED) is 0.831. The molecule has 0 saturated carbocycles. The smallest absolute Gasteiger partial charge is 0.240 e. The summed E-state index contributed by atoms with van der Waals surface area (Å²) in [5.41, 5.74) is 2.04. The number of piperidine rings is 1. The monoisotopic (exact) mass is 339 g/mol. The van der Waals surface area contributed by atoms with Crippen LogP contribution in [0, 0.1) is 13.8 Å². The number of carbonyl (C=O) groups excluding carboxylic acids is 1. The third-order valence-electron chi connectivity index (χ3n) is 4.34. The van der Waals surface area contributed by atoms with E-state index in [0.717, 1.165) is 11.1 Å². The largest absolute Gasteiger partial charge is 0.358 e. The zero-order valence-corrected chi connectivity index (χ0v) is 14.7.